The molecular formula is C23H29Cl2N3O5S2. The molecule has 2 saturated heterocycles. The summed E-state index contributed by atoms with van der Waals surface area (Å²) in [4.78, 5) is 3.97. The first-order chi connectivity index (χ1) is 16.7. The van der Waals surface area contributed by atoms with E-state index in [1.165, 1.54) is 10.4 Å². The Morgan fingerprint density at radius 2 is 1.63 bits per heavy atom. The number of rotatable bonds is 9. The lowest BCUT2D eigenvalue weighted by Gasteiger charge is -2.31. The average Bonchev–Trinajstić information content (AvgIpc) is 3.31. The summed E-state index contributed by atoms with van der Waals surface area (Å²) in [6.07, 6.45) is 6.44. The van der Waals surface area contributed by atoms with Crippen LogP contribution in [-0.2, 0) is 20.0 Å². The van der Waals surface area contributed by atoms with Crippen LogP contribution in [0.4, 0.5) is 0 Å². The lowest BCUT2D eigenvalue weighted by atomic mass is 10.0. The highest BCUT2D eigenvalue weighted by Gasteiger charge is 2.34. The predicted octanol–water partition coefficient (Wildman–Crippen LogP) is 4.05. The smallest absolute Gasteiger partial charge is 0.244 e. The van der Waals surface area contributed by atoms with Gasteiger partial charge >= 0.3 is 0 Å². The van der Waals surface area contributed by atoms with Gasteiger partial charge in [-0.2, -0.15) is 4.31 Å². The summed E-state index contributed by atoms with van der Waals surface area (Å²) in [5.74, 6) is 0.913. The van der Waals surface area contributed by atoms with Crippen LogP contribution in [0.1, 0.15) is 32.1 Å². The molecule has 0 aliphatic carbocycles. The van der Waals surface area contributed by atoms with Gasteiger partial charge in [-0.1, -0.05) is 29.3 Å². The molecule has 1 aromatic carbocycles. The third-order valence-electron chi connectivity index (χ3n) is 6.54. The molecule has 3 heterocycles. The zero-order valence-corrected chi connectivity index (χ0v) is 22.4. The summed E-state index contributed by atoms with van der Waals surface area (Å²) >= 11 is 12.1. The van der Waals surface area contributed by atoms with Crippen molar-refractivity contribution in [2.45, 2.75) is 43.1 Å². The standard InChI is InChI=1S/C23H29Cl2N3O5S2/c24-21-4-1-5-22(23(21)25)35(31,32)28-13-8-18(17-28)3-2-16-34(29,30)27-14-9-20(10-15-27)33-19-6-11-26-12-7-19/h1,4-7,11-12,18,20H,2-3,8-10,13-17H2/t18-/m0/s1. The van der Waals surface area contributed by atoms with Crippen LogP contribution in [0, 0.1) is 5.92 Å². The van der Waals surface area contributed by atoms with Crippen LogP contribution >= 0.6 is 23.2 Å². The topological polar surface area (TPSA) is 96.9 Å². The van der Waals surface area contributed by atoms with E-state index in [9.17, 15) is 16.8 Å². The summed E-state index contributed by atoms with van der Waals surface area (Å²) in [6.45, 7) is 1.61. The van der Waals surface area contributed by atoms with Crippen LogP contribution in [0.3, 0.4) is 0 Å². The van der Waals surface area contributed by atoms with E-state index in [4.69, 9.17) is 27.9 Å². The Kier molecular flexibility index (Phi) is 8.61. The largest absolute Gasteiger partial charge is 0.490 e. The van der Waals surface area contributed by atoms with Crippen molar-refractivity contribution in [1.29, 1.82) is 0 Å². The van der Waals surface area contributed by atoms with Crippen molar-refractivity contribution >= 4 is 43.2 Å². The normalized spacial score (nSPS) is 20.8. The first kappa shape index (κ1) is 26.6. The number of benzene rings is 1. The Morgan fingerprint density at radius 1 is 0.943 bits per heavy atom. The van der Waals surface area contributed by atoms with Gasteiger partial charge < -0.3 is 4.74 Å². The van der Waals surface area contributed by atoms with Gasteiger partial charge in [0.25, 0.3) is 0 Å². The minimum Gasteiger partial charge on any atom is -0.490 e. The van der Waals surface area contributed by atoms with Crippen molar-refractivity contribution in [3.05, 3.63) is 52.8 Å². The molecule has 35 heavy (non-hydrogen) atoms. The summed E-state index contributed by atoms with van der Waals surface area (Å²) in [5, 5.41) is 0.223. The number of hydrogen-bond acceptors (Lipinski definition) is 6. The molecule has 12 heteroatoms. The van der Waals surface area contributed by atoms with Crippen molar-refractivity contribution in [3.63, 3.8) is 0 Å². The Morgan fingerprint density at radius 3 is 2.34 bits per heavy atom. The van der Waals surface area contributed by atoms with Gasteiger partial charge in [0, 0.05) is 38.6 Å². The maximum Gasteiger partial charge on any atom is 0.244 e. The minimum absolute atomic E-state index is 0.00575. The number of aromatic nitrogens is 1. The maximum atomic E-state index is 13.0. The fourth-order valence-electron chi connectivity index (χ4n) is 4.59. The molecule has 4 rings (SSSR count). The van der Waals surface area contributed by atoms with Gasteiger partial charge in [0.05, 0.1) is 15.8 Å². The van der Waals surface area contributed by atoms with Crippen molar-refractivity contribution in [2.24, 2.45) is 5.92 Å². The number of halogens is 2. The Balaban J connectivity index is 1.23. The van der Waals surface area contributed by atoms with Crippen LogP contribution in [0.25, 0.3) is 0 Å². The molecule has 2 aromatic rings. The van der Waals surface area contributed by atoms with Crippen molar-refractivity contribution in [3.8, 4) is 5.75 Å². The summed E-state index contributed by atoms with van der Waals surface area (Å²) in [7, 11) is -7.11. The van der Waals surface area contributed by atoms with Crippen molar-refractivity contribution < 1.29 is 21.6 Å². The molecule has 0 spiro atoms. The Labute approximate surface area is 217 Å². The zero-order chi connectivity index (χ0) is 25.1. The molecule has 1 aromatic heterocycles. The van der Waals surface area contributed by atoms with Crippen molar-refractivity contribution in [2.75, 3.05) is 31.9 Å². The van der Waals surface area contributed by atoms with E-state index in [-0.39, 0.29) is 32.7 Å². The van der Waals surface area contributed by atoms with Crippen LogP contribution in [0.15, 0.2) is 47.6 Å². The Hall–Kier alpha value is -1.43. The number of nitrogens with zero attached hydrogens (tertiary/aromatic N) is 3. The second-order valence-corrected chi connectivity index (χ2v) is 13.7. The SMILES string of the molecule is O=S(=O)(CCC[C@H]1CCN(S(=O)(=O)c2cccc(Cl)c2Cl)C1)N1CCC(Oc2ccncc2)CC1. The number of sulfonamides is 2. The van der Waals surface area contributed by atoms with E-state index >= 15 is 0 Å². The first-order valence-corrected chi connectivity index (χ1v) is 15.5. The second-order valence-electron chi connectivity index (χ2n) is 8.93. The van der Waals surface area contributed by atoms with Gasteiger partial charge in [-0.25, -0.2) is 21.1 Å². The molecular weight excluding hydrogens is 533 g/mol. The summed E-state index contributed by atoms with van der Waals surface area (Å²) < 4.78 is 60.6. The molecule has 2 fully saturated rings. The number of pyridine rings is 1. The lowest BCUT2D eigenvalue weighted by molar-refractivity contribution is 0.135. The van der Waals surface area contributed by atoms with E-state index in [0.29, 0.717) is 58.3 Å². The maximum absolute atomic E-state index is 13.0. The van der Waals surface area contributed by atoms with Crippen LogP contribution in [0.5, 0.6) is 5.75 Å². The van der Waals surface area contributed by atoms with E-state index < -0.39 is 20.0 Å². The highest BCUT2D eigenvalue weighted by Crippen LogP contribution is 2.34. The van der Waals surface area contributed by atoms with Crippen LogP contribution in [-0.4, -0.2) is 68.5 Å². The van der Waals surface area contributed by atoms with Gasteiger partial charge in [0.15, 0.2) is 0 Å². The van der Waals surface area contributed by atoms with Gasteiger partial charge in [0.1, 0.15) is 16.7 Å². The number of hydrogen-bond donors (Lipinski definition) is 0. The molecule has 0 saturated carbocycles. The summed E-state index contributed by atoms with van der Waals surface area (Å²) in [5.41, 5.74) is 0. The second kappa shape index (κ2) is 11.3. The van der Waals surface area contributed by atoms with E-state index in [0.717, 1.165) is 5.75 Å². The molecule has 8 nitrogen and oxygen atoms in total. The molecule has 2 aliphatic heterocycles. The predicted molar refractivity (Wildman–Crippen MR) is 136 cm³/mol. The molecule has 0 bridgehead atoms. The molecule has 0 N–H and O–H groups in total. The first-order valence-electron chi connectivity index (χ1n) is 11.7. The van der Waals surface area contributed by atoms with E-state index in [1.807, 2.05) is 0 Å². The van der Waals surface area contributed by atoms with Gasteiger partial charge in [-0.3, -0.25) is 4.98 Å². The molecule has 0 amide bonds. The van der Waals surface area contributed by atoms with E-state index in [1.54, 1.807) is 41.0 Å². The quantitative estimate of drug-likeness (QED) is 0.458. The average molecular weight is 563 g/mol. The molecule has 2 aliphatic rings. The van der Waals surface area contributed by atoms with Crippen LogP contribution in [0.2, 0.25) is 10.0 Å². The monoisotopic (exact) mass is 561 g/mol. The number of ether oxygens (including phenoxy) is 1. The third kappa shape index (κ3) is 6.47. The molecule has 1 atom stereocenters. The highest BCUT2D eigenvalue weighted by atomic mass is 35.5. The zero-order valence-electron chi connectivity index (χ0n) is 19.2. The molecule has 0 unspecified atom stereocenters. The van der Waals surface area contributed by atoms with Gasteiger partial charge in [-0.15, -0.1) is 0 Å². The molecule has 192 valence electrons. The fraction of sp³-hybridized carbons (Fsp3) is 0.522. The van der Waals surface area contributed by atoms with Crippen LogP contribution < -0.4 is 4.74 Å². The lowest BCUT2D eigenvalue weighted by Crippen LogP contribution is -2.42. The molecule has 0 radical (unpaired) electrons. The Bertz CT molecular complexity index is 1220. The number of piperidine rings is 1. The van der Waals surface area contributed by atoms with E-state index in [2.05, 4.69) is 4.98 Å². The highest BCUT2D eigenvalue weighted by molar-refractivity contribution is 7.89. The summed E-state index contributed by atoms with van der Waals surface area (Å²) in [6, 6.07) is 8.15. The third-order valence-corrected chi connectivity index (χ3v) is 11.3. The van der Waals surface area contributed by atoms with Crippen molar-refractivity contribution in [1.82, 2.24) is 13.6 Å². The fourth-order valence-corrected chi connectivity index (χ4v) is 8.42. The minimum atomic E-state index is -3.75. The van der Waals surface area contributed by atoms with Gasteiger partial charge in [0.2, 0.25) is 20.0 Å². The van der Waals surface area contributed by atoms with Gasteiger partial charge in [-0.05, 0) is 62.3 Å².